The summed E-state index contributed by atoms with van der Waals surface area (Å²) in [5.41, 5.74) is 5.75. The van der Waals surface area contributed by atoms with Crippen LogP contribution in [0.2, 0.25) is 5.02 Å². The first-order valence-electron chi connectivity index (χ1n) is 10.3. The molecule has 2 heterocycles. The predicted octanol–water partition coefficient (Wildman–Crippen LogP) is 6.23. The second-order valence-corrected chi connectivity index (χ2v) is 8.24. The van der Waals surface area contributed by atoms with Crippen LogP contribution in [0.15, 0.2) is 60.8 Å². The van der Waals surface area contributed by atoms with Crippen molar-refractivity contribution < 1.29 is 13.9 Å². The molecule has 1 aliphatic rings. The number of halogens is 2. The molecular formula is C25H21ClFN3O2. The molecule has 0 radical (unpaired) electrons. The predicted molar refractivity (Wildman–Crippen MR) is 125 cm³/mol. The van der Waals surface area contributed by atoms with E-state index < -0.39 is 5.82 Å². The number of rotatable bonds is 3. The maximum absolute atomic E-state index is 13.7. The molecule has 1 aromatic heterocycles. The fourth-order valence-corrected chi connectivity index (χ4v) is 4.29. The van der Waals surface area contributed by atoms with E-state index in [0.717, 1.165) is 28.9 Å². The largest absolute Gasteiger partial charge is 0.497 e. The van der Waals surface area contributed by atoms with Gasteiger partial charge >= 0.3 is 6.03 Å². The number of fused-ring (bicyclic) bond motifs is 2. The molecule has 162 valence electrons. The number of H-pyrrole nitrogens is 1. The smallest absolute Gasteiger partial charge is 0.322 e. The van der Waals surface area contributed by atoms with Crippen molar-refractivity contribution in [3.05, 3.63) is 82.8 Å². The molecule has 0 aliphatic carbocycles. The average molecular weight is 450 g/mol. The lowest BCUT2D eigenvalue weighted by Gasteiger charge is -2.29. The molecule has 2 amide bonds. The van der Waals surface area contributed by atoms with Gasteiger partial charge in [-0.1, -0.05) is 41.9 Å². The summed E-state index contributed by atoms with van der Waals surface area (Å²) in [4.78, 5) is 17.7. The van der Waals surface area contributed by atoms with Gasteiger partial charge < -0.3 is 19.9 Å². The van der Waals surface area contributed by atoms with Crippen LogP contribution >= 0.6 is 11.6 Å². The summed E-state index contributed by atoms with van der Waals surface area (Å²) in [6.45, 7) is 1.13. The number of carbonyl (C=O) groups is 1. The number of anilines is 1. The maximum atomic E-state index is 13.7. The SMILES string of the molecule is COc1cccc(-c2ccc3c(c2)CCN(C(=O)Nc2c[nH]c4cc(F)c(Cl)cc24)C3)c1. The van der Waals surface area contributed by atoms with Gasteiger partial charge in [-0.05, 0) is 52.9 Å². The van der Waals surface area contributed by atoms with Crippen LogP contribution in [0, 0.1) is 5.82 Å². The molecule has 0 saturated carbocycles. The summed E-state index contributed by atoms with van der Waals surface area (Å²) in [7, 11) is 1.66. The van der Waals surface area contributed by atoms with Gasteiger partial charge in [-0.15, -0.1) is 0 Å². The van der Waals surface area contributed by atoms with Gasteiger partial charge in [0.15, 0.2) is 0 Å². The highest BCUT2D eigenvalue weighted by Gasteiger charge is 2.22. The van der Waals surface area contributed by atoms with E-state index in [9.17, 15) is 9.18 Å². The fourth-order valence-electron chi connectivity index (χ4n) is 4.12. The number of methoxy groups -OCH3 is 1. The Hall–Kier alpha value is -3.51. The number of urea groups is 1. The molecule has 0 unspecified atom stereocenters. The fraction of sp³-hybridized carbons (Fsp3) is 0.160. The molecule has 4 aromatic rings. The van der Waals surface area contributed by atoms with Crippen molar-refractivity contribution in [2.45, 2.75) is 13.0 Å². The van der Waals surface area contributed by atoms with Crippen LogP contribution in [-0.2, 0) is 13.0 Å². The Morgan fingerprint density at radius 3 is 2.81 bits per heavy atom. The molecule has 5 rings (SSSR count). The first kappa shape index (κ1) is 20.4. The topological polar surface area (TPSA) is 57.4 Å². The van der Waals surface area contributed by atoms with Gasteiger partial charge in [0.1, 0.15) is 11.6 Å². The summed E-state index contributed by atoms with van der Waals surface area (Å²) in [6.07, 6.45) is 2.42. The van der Waals surface area contributed by atoms with Crippen LogP contribution < -0.4 is 10.1 Å². The van der Waals surface area contributed by atoms with Crippen molar-refractivity contribution in [1.82, 2.24) is 9.88 Å². The third-order valence-electron chi connectivity index (χ3n) is 5.87. The van der Waals surface area contributed by atoms with Gasteiger partial charge in [0.05, 0.1) is 23.3 Å². The van der Waals surface area contributed by atoms with E-state index in [-0.39, 0.29) is 11.1 Å². The highest BCUT2D eigenvalue weighted by atomic mass is 35.5. The van der Waals surface area contributed by atoms with Crippen molar-refractivity contribution in [2.24, 2.45) is 0 Å². The molecule has 0 bridgehead atoms. The number of nitrogens with zero attached hydrogens (tertiary/aromatic N) is 1. The highest BCUT2D eigenvalue weighted by Crippen LogP contribution is 2.31. The monoisotopic (exact) mass is 449 g/mol. The van der Waals surface area contributed by atoms with E-state index in [1.54, 1.807) is 18.2 Å². The zero-order valence-electron chi connectivity index (χ0n) is 17.4. The van der Waals surface area contributed by atoms with Gasteiger partial charge in [-0.25, -0.2) is 9.18 Å². The minimum atomic E-state index is -0.500. The number of aromatic amines is 1. The van der Waals surface area contributed by atoms with Crippen molar-refractivity contribution in [1.29, 1.82) is 0 Å². The van der Waals surface area contributed by atoms with Crippen LogP contribution in [-0.4, -0.2) is 29.6 Å². The molecule has 0 atom stereocenters. The van der Waals surface area contributed by atoms with Crippen molar-refractivity contribution >= 4 is 34.2 Å². The third kappa shape index (κ3) is 3.78. The molecular weight excluding hydrogens is 429 g/mol. The summed E-state index contributed by atoms with van der Waals surface area (Å²) in [5.74, 6) is 0.323. The molecule has 0 saturated heterocycles. The number of amides is 2. The van der Waals surface area contributed by atoms with E-state index >= 15 is 0 Å². The van der Waals surface area contributed by atoms with E-state index in [0.29, 0.717) is 29.7 Å². The Morgan fingerprint density at radius 2 is 1.97 bits per heavy atom. The zero-order valence-corrected chi connectivity index (χ0v) is 18.2. The minimum absolute atomic E-state index is 0.0198. The summed E-state index contributed by atoms with van der Waals surface area (Å²) in [5, 5.41) is 3.61. The molecule has 7 heteroatoms. The van der Waals surface area contributed by atoms with Gasteiger partial charge in [-0.2, -0.15) is 0 Å². The van der Waals surface area contributed by atoms with Crippen LogP contribution in [0.5, 0.6) is 5.75 Å². The Morgan fingerprint density at radius 1 is 1.12 bits per heavy atom. The Labute approximate surface area is 189 Å². The van der Waals surface area contributed by atoms with Gasteiger partial charge in [0.25, 0.3) is 0 Å². The van der Waals surface area contributed by atoms with E-state index in [2.05, 4.69) is 34.6 Å². The first-order valence-corrected chi connectivity index (χ1v) is 10.7. The van der Waals surface area contributed by atoms with Gasteiger partial charge in [-0.3, -0.25) is 0 Å². The maximum Gasteiger partial charge on any atom is 0.322 e. The first-order chi connectivity index (χ1) is 15.5. The van der Waals surface area contributed by atoms with Crippen LogP contribution in [0.25, 0.3) is 22.0 Å². The molecule has 0 spiro atoms. The average Bonchev–Trinajstić information content (AvgIpc) is 3.19. The number of carbonyl (C=O) groups excluding carboxylic acids is 1. The second kappa shape index (κ2) is 8.20. The van der Waals surface area contributed by atoms with E-state index in [1.165, 1.54) is 17.7 Å². The minimum Gasteiger partial charge on any atom is -0.497 e. The molecule has 3 aromatic carbocycles. The van der Waals surface area contributed by atoms with Crippen LogP contribution in [0.3, 0.4) is 0 Å². The lowest BCUT2D eigenvalue weighted by Crippen LogP contribution is -2.38. The normalized spacial score (nSPS) is 13.2. The van der Waals surface area contributed by atoms with Crippen molar-refractivity contribution in [3.63, 3.8) is 0 Å². The lowest BCUT2D eigenvalue weighted by atomic mass is 9.94. The molecule has 5 nitrogen and oxygen atoms in total. The Kier molecular flexibility index (Phi) is 5.23. The number of ether oxygens (including phenoxy) is 1. The lowest BCUT2D eigenvalue weighted by molar-refractivity contribution is 0.206. The summed E-state index contributed by atoms with van der Waals surface area (Å²) < 4.78 is 19.0. The van der Waals surface area contributed by atoms with Gasteiger partial charge in [0, 0.05) is 24.7 Å². The Bertz CT molecular complexity index is 1330. The molecule has 1 aliphatic heterocycles. The van der Waals surface area contributed by atoms with Crippen LogP contribution in [0.4, 0.5) is 14.9 Å². The van der Waals surface area contributed by atoms with Crippen molar-refractivity contribution in [2.75, 3.05) is 19.0 Å². The number of hydrogen-bond acceptors (Lipinski definition) is 2. The Balaban J connectivity index is 1.33. The van der Waals surface area contributed by atoms with Crippen LogP contribution in [0.1, 0.15) is 11.1 Å². The standard InChI is InChI=1S/C25H21ClFN3O2/c1-32-19-4-2-3-15(10-19)16-5-6-18-14-30(8-7-17(18)9-16)25(31)29-24-13-28-23-12-22(27)21(26)11-20(23)24/h2-6,9-13,28H,7-8,14H2,1H3,(H,29,31). The molecule has 32 heavy (non-hydrogen) atoms. The van der Waals surface area contributed by atoms with E-state index in [4.69, 9.17) is 16.3 Å². The summed E-state index contributed by atoms with van der Waals surface area (Å²) in [6, 6.07) is 17.0. The highest BCUT2D eigenvalue weighted by molar-refractivity contribution is 6.31. The van der Waals surface area contributed by atoms with E-state index in [1.807, 2.05) is 18.2 Å². The van der Waals surface area contributed by atoms with Gasteiger partial charge in [0.2, 0.25) is 0 Å². The second-order valence-electron chi connectivity index (χ2n) is 7.83. The summed E-state index contributed by atoms with van der Waals surface area (Å²) >= 11 is 5.91. The number of aromatic nitrogens is 1. The quantitative estimate of drug-likeness (QED) is 0.389. The van der Waals surface area contributed by atoms with Crippen molar-refractivity contribution in [3.8, 4) is 16.9 Å². The zero-order chi connectivity index (χ0) is 22.2. The number of nitrogens with one attached hydrogen (secondary N) is 2. The third-order valence-corrected chi connectivity index (χ3v) is 6.16. The molecule has 2 N–H and O–H groups in total. The molecule has 0 fully saturated rings. The number of benzene rings is 3. The number of hydrogen-bond donors (Lipinski definition) is 2.